The van der Waals surface area contributed by atoms with Crippen LogP contribution in [0.15, 0.2) is 24.3 Å². The summed E-state index contributed by atoms with van der Waals surface area (Å²) in [6.07, 6.45) is 0.633. The molecule has 3 rings (SSSR count). The van der Waals surface area contributed by atoms with Crippen molar-refractivity contribution in [3.05, 3.63) is 29.4 Å². The SMILES string of the molecule is CC1OCCC1C(=O)Nc1nc2ccccc2nc1Cl. The van der Waals surface area contributed by atoms with Crippen LogP contribution in [-0.4, -0.2) is 28.6 Å². The molecule has 1 saturated heterocycles. The molecule has 2 unspecified atom stereocenters. The van der Waals surface area contributed by atoms with Crippen molar-refractivity contribution >= 4 is 34.4 Å². The number of para-hydroxylation sites is 2. The lowest BCUT2D eigenvalue weighted by atomic mass is 10.0. The van der Waals surface area contributed by atoms with E-state index in [0.29, 0.717) is 29.9 Å². The van der Waals surface area contributed by atoms with Crippen LogP contribution in [0, 0.1) is 5.92 Å². The molecule has 1 N–H and O–H groups in total. The number of carbonyl (C=O) groups excluding carboxylic acids is 1. The number of anilines is 1. The smallest absolute Gasteiger partial charge is 0.231 e. The molecule has 1 aromatic heterocycles. The zero-order valence-corrected chi connectivity index (χ0v) is 11.7. The minimum atomic E-state index is -0.167. The lowest BCUT2D eigenvalue weighted by molar-refractivity contribution is -0.121. The van der Waals surface area contributed by atoms with Crippen LogP contribution in [0.4, 0.5) is 5.82 Å². The van der Waals surface area contributed by atoms with Crippen molar-refractivity contribution in [3.63, 3.8) is 0 Å². The molecule has 0 bridgehead atoms. The van der Waals surface area contributed by atoms with Gasteiger partial charge < -0.3 is 10.1 Å². The Hall–Kier alpha value is -1.72. The first-order chi connectivity index (χ1) is 9.65. The highest BCUT2D eigenvalue weighted by Crippen LogP contribution is 2.25. The standard InChI is InChI=1S/C14H14ClN3O2/c1-8-9(6-7-20-8)14(19)18-13-12(15)16-10-4-2-3-5-11(10)17-13/h2-5,8-9H,6-7H2,1H3,(H,17,18,19). The Balaban J connectivity index is 1.86. The lowest BCUT2D eigenvalue weighted by Crippen LogP contribution is -2.28. The van der Waals surface area contributed by atoms with Gasteiger partial charge in [-0.05, 0) is 25.5 Å². The molecule has 6 heteroatoms. The average molecular weight is 292 g/mol. The van der Waals surface area contributed by atoms with Gasteiger partial charge in [0, 0.05) is 6.61 Å². The van der Waals surface area contributed by atoms with E-state index in [-0.39, 0.29) is 23.1 Å². The highest BCUT2D eigenvalue weighted by molar-refractivity contribution is 6.32. The van der Waals surface area contributed by atoms with E-state index in [1.54, 1.807) is 0 Å². The van der Waals surface area contributed by atoms with Crippen LogP contribution >= 0.6 is 11.6 Å². The fourth-order valence-corrected chi connectivity index (χ4v) is 2.52. The predicted octanol–water partition coefficient (Wildman–Crippen LogP) is 2.65. The van der Waals surface area contributed by atoms with Gasteiger partial charge in [0.05, 0.1) is 23.1 Å². The Labute approximate surface area is 121 Å². The number of hydrogen-bond acceptors (Lipinski definition) is 4. The van der Waals surface area contributed by atoms with Gasteiger partial charge in [0.25, 0.3) is 0 Å². The van der Waals surface area contributed by atoms with Crippen LogP contribution < -0.4 is 5.32 Å². The Morgan fingerprint density at radius 1 is 1.35 bits per heavy atom. The topological polar surface area (TPSA) is 64.1 Å². The van der Waals surface area contributed by atoms with Gasteiger partial charge in [-0.15, -0.1) is 0 Å². The Morgan fingerprint density at radius 3 is 2.70 bits per heavy atom. The minimum absolute atomic E-state index is 0.0813. The van der Waals surface area contributed by atoms with Gasteiger partial charge in [0.1, 0.15) is 0 Å². The van der Waals surface area contributed by atoms with Crippen LogP contribution in [0.2, 0.25) is 5.15 Å². The minimum Gasteiger partial charge on any atom is -0.378 e. The van der Waals surface area contributed by atoms with Gasteiger partial charge in [-0.2, -0.15) is 0 Å². The molecule has 1 aliphatic heterocycles. The average Bonchev–Trinajstić information content (AvgIpc) is 2.86. The molecule has 104 valence electrons. The van der Waals surface area contributed by atoms with E-state index >= 15 is 0 Å². The van der Waals surface area contributed by atoms with E-state index in [1.807, 2.05) is 31.2 Å². The third-order valence-electron chi connectivity index (χ3n) is 3.48. The lowest BCUT2D eigenvalue weighted by Gasteiger charge is -2.14. The van der Waals surface area contributed by atoms with E-state index in [4.69, 9.17) is 16.3 Å². The number of nitrogens with one attached hydrogen (secondary N) is 1. The quantitative estimate of drug-likeness (QED) is 0.924. The molecule has 5 nitrogen and oxygen atoms in total. The molecule has 2 heterocycles. The molecule has 20 heavy (non-hydrogen) atoms. The van der Waals surface area contributed by atoms with Crippen LogP contribution in [0.5, 0.6) is 0 Å². The van der Waals surface area contributed by atoms with Crippen LogP contribution in [0.1, 0.15) is 13.3 Å². The Kier molecular flexibility index (Phi) is 3.54. The molecular weight excluding hydrogens is 278 g/mol. The van der Waals surface area contributed by atoms with Gasteiger partial charge >= 0.3 is 0 Å². The second kappa shape index (κ2) is 5.34. The number of amides is 1. The van der Waals surface area contributed by atoms with Crippen LogP contribution in [0.25, 0.3) is 11.0 Å². The zero-order valence-electron chi connectivity index (χ0n) is 11.0. The van der Waals surface area contributed by atoms with Gasteiger partial charge in [-0.3, -0.25) is 4.79 Å². The number of hydrogen-bond donors (Lipinski definition) is 1. The summed E-state index contributed by atoms with van der Waals surface area (Å²) in [5.41, 5.74) is 1.40. The first-order valence-electron chi connectivity index (χ1n) is 6.50. The Bertz CT molecular complexity index is 662. The van der Waals surface area contributed by atoms with Crippen molar-refractivity contribution in [3.8, 4) is 0 Å². The van der Waals surface area contributed by atoms with Gasteiger partial charge in [-0.1, -0.05) is 23.7 Å². The molecule has 1 aromatic carbocycles. The van der Waals surface area contributed by atoms with Gasteiger partial charge in [0.2, 0.25) is 5.91 Å². The first kappa shape index (κ1) is 13.3. The normalized spacial score (nSPS) is 22.1. The van der Waals surface area contributed by atoms with Crippen molar-refractivity contribution in [2.24, 2.45) is 5.92 Å². The molecule has 1 fully saturated rings. The number of ether oxygens (including phenoxy) is 1. The Morgan fingerprint density at radius 2 is 2.05 bits per heavy atom. The summed E-state index contributed by atoms with van der Waals surface area (Å²) in [4.78, 5) is 20.8. The fourth-order valence-electron chi connectivity index (χ4n) is 2.34. The molecule has 2 aromatic rings. The largest absolute Gasteiger partial charge is 0.378 e. The molecule has 1 aliphatic rings. The predicted molar refractivity (Wildman–Crippen MR) is 76.7 cm³/mol. The summed E-state index contributed by atoms with van der Waals surface area (Å²) in [6, 6.07) is 7.38. The van der Waals surface area contributed by atoms with Gasteiger partial charge in [0.15, 0.2) is 11.0 Å². The maximum atomic E-state index is 12.2. The van der Waals surface area contributed by atoms with E-state index < -0.39 is 0 Å². The van der Waals surface area contributed by atoms with Crippen molar-refractivity contribution in [2.75, 3.05) is 11.9 Å². The van der Waals surface area contributed by atoms with Crippen molar-refractivity contribution in [2.45, 2.75) is 19.4 Å². The number of carbonyl (C=O) groups is 1. The monoisotopic (exact) mass is 291 g/mol. The van der Waals surface area contributed by atoms with E-state index in [0.717, 1.165) is 0 Å². The van der Waals surface area contributed by atoms with Gasteiger partial charge in [-0.25, -0.2) is 9.97 Å². The molecule has 0 aliphatic carbocycles. The molecule has 2 atom stereocenters. The first-order valence-corrected chi connectivity index (χ1v) is 6.87. The number of nitrogens with zero attached hydrogens (tertiary/aromatic N) is 2. The summed E-state index contributed by atoms with van der Waals surface area (Å²) in [7, 11) is 0. The van der Waals surface area contributed by atoms with E-state index in [1.165, 1.54) is 0 Å². The summed E-state index contributed by atoms with van der Waals surface area (Å²) >= 11 is 6.07. The molecule has 0 spiro atoms. The third-order valence-corrected chi connectivity index (χ3v) is 3.75. The number of halogens is 1. The fraction of sp³-hybridized carbons (Fsp3) is 0.357. The molecule has 0 saturated carbocycles. The van der Waals surface area contributed by atoms with E-state index in [2.05, 4.69) is 15.3 Å². The van der Waals surface area contributed by atoms with Crippen LogP contribution in [-0.2, 0) is 9.53 Å². The van der Waals surface area contributed by atoms with Crippen molar-refractivity contribution in [1.29, 1.82) is 0 Å². The summed E-state index contributed by atoms with van der Waals surface area (Å²) in [6.45, 7) is 2.50. The third kappa shape index (κ3) is 2.46. The highest BCUT2D eigenvalue weighted by Gasteiger charge is 2.31. The molecule has 0 radical (unpaired) electrons. The van der Waals surface area contributed by atoms with Crippen molar-refractivity contribution < 1.29 is 9.53 Å². The van der Waals surface area contributed by atoms with Crippen LogP contribution in [0.3, 0.4) is 0 Å². The second-order valence-corrected chi connectivity index (χ2v) is 5.17. The molecular formula is C14H14ClN3O2. The second-order valence-electron chi connectivity index (χ2n) is 4.81. The molecule has 1 amide bonds. The maximum Gasteiger partial charge on any atom is 0.231 e. The van der Waals surface area contributed by atoms with E-state index in [9.17, 15) is 4.79 Å². The maximum absolute atomic E-state index is 12.2. The summed E-state index contributed by atoms with van der Waals surface area (Å²) in [5, 5.41) is 2.95. The number of rotatable bonds is 2. The zero-order chi connectivity index (χ0) is 14.1. The number of fused-ring (bicyclic) bond motifs is 1. The highest BCUT2D eigenvalue weighted by atomic mass is 35.5. The number of aromatic nitrogens is 2. The summed E-state index contributed by atoms with van der Waals surface area (Å²) in [5.74, 6) is 0.00952. The summed E-state index contributed by atoms with van der Waals surface area (Å²) < 4.78 is 5.39. The number of benzene rings is 1. The van der Waals surface area contributed by atoms with Crippen molar-refractivity contribution in [1.82, 2.24) is 9.97 Å².